The zero-order valence-electron chi connectivity index (χ0n) is 16.9. The number of rotatable bonds is 11. The monoisotopic (exact) mass is 356 g/mol. The summed E-state index contributed by atoms with van der Waals surface area (Å²) in [7, 11) is 0. The van der Waals surface area contributed by atoms with Crippen molar-refractivity contribution in [3.05, 3.63) is 0 Å². The number of hydrogen-bond acceptors (Lipinski definition) is 8. The van der Waals surface area contributed by atoms with Crippen molar-refractivity contribution < 1.29 is 19.4 Å². The molecule has 8 heteroatoms. The lowest BCUT2D eigenvalue weighted by Crippen LogP contribution is -2.42. The molecule has 0 saturated heterocycles. The molecular formula is C17H32N4O4. The van der Waals surface area contributed by atoms with Crippen LogP contribution in [-0.2, 0) is 19.4 Å². The molecule has 0 rings (SSSR count). The molecule has 144 valence electrons. The highest BCUT2D eigenvalue weighted by Crippen LogP contribution is 2.15. The maximum absolute atomic E-state index is 5.62. The molecule has 0 aliphatic heterocycles. The standard InChI is InChI=1S/C17H32N4O4/c1-11(2)18-22-10-16(24-20-13(5)6)17(25-21-14(7)8)15(9)23-19-12(3)4/h15-17H,10H2,1-9H3. The fourth-order valence-electron chi connectivity index (χ4n) is 1.47. The van der Waals surface area contributed by atoms with Gasteiger partial charge >= 0.3 is 0 Å². The molecule has 0 saturated carbocycles. The fraction of sp³-hybridized carbons (Fsp3) is 0.765. The minimum absolute atomic E-state index is 0.132. The lowest BCUT2D eigenvalue weighted by atomic mass is 10.1. The highest BCUT2D eigenvalue weighted by molar-refractivity contribution is 5.79. The van der Waals surface area contributed by atoms with Crippen LogP contribution in [0.1, 0.15) is 62.3 Å². The van der Waals surface area contributed by atoms with Gasteiger partial charge in [0.05, 0.1) is 22.8 Å². The Morgan fingerprint density at radius 2 is 1.08 bits per heavy atom. The normalized spacial score (nSPS) is 13.5. The third-order valence-corrected chi connectivity index (χ3v) is 2.44. The SMILES string of the molecule is CC(C)=NOCC(ON=C(C)C)C(ON=C(C)C)C(C)ON=C(C)C. The van der Waals surface area contributed by atoms with Gasteiger partial charge in [0.25, 0.3) is 0 Å². The van der Waals surface area contributed by atoms with Gasteiger partial charge in [-0.2, -0.15) is 0 Å². The van der Waals surface area contributed by atoms with Gasteiger partial charge in [0, 0.05) is 0 Å². The minimum Gasteiger partial charge on any atom is -0.392 e. The van der Waals surface area contributed by atoms with Crippen LogP contribution in [0.2, 0.25) is 0 Å². The lowest BCUT2D eigenvalue weighted by Gasteiger charge is -2.26. The second-order valence-corrected chi connectivity index (χ2v) is 6.47. The van der Waals surface area contributed by atoms with E-state index in [2.05, 4.69) is 20.6 Å². The lowest BCUT2D eigenvalue weighted by molar-refractivity contribution is -0.151. The van der Waals surface area contributed by atoms with E-state index in [1.54, 1.807) is 0 Å². The highest BCUT2D eigenvalue weighted by Gasteiger charge is 2.34. The Morgan fingerprint density at radius 3 is 1.56 bits per heavy atom. The molecule has 0 amide bonds. The summed E-state index contributed by atoms with van der Waals surface area (Å²) in [6.07, 6.45) is -1.61. The van der Waals surface area contributed by atoms with Crippen molar-refractivity contribution in [1.29, 1.82) is 0 Å². The van der Waals surface area contributed by atoms with E-state index in [0.29, 0.717) is 0 Å². The van der Waals surface area contributed by atoms with Gasteiger partial charge in [-0.1, -0.05) is 20.6 Å². The van der Waals surface area contributed by atoms with E-state index >= 15 is 0 Å². The van der Waals surface area contributed by atoms with Crippen LogP contribution in [0.3, 0.4) is 0 Å². The second-order valence-electron chi connectivity index (χ2n) is 6.47. The van der Waals surface area contributed by atoms with Gasteiger partial charge in [-0.3, -0.25) is 0 Å². The Bertz CT molecular complexity index is 499. The molecule has 0 aromatic carbocycles. The van der Waals surface area contributed by atoms with E-state index in [-0.39, 0.29) is 6.61 Å². The molecule has 0 bridgehead atoms. The molecule has 0 spiro atoms. The summed E-state index contributed by atoms with van der Waals surface area (Å²) in [6.45, 7) is 16.7. The van der Waals surface area contributed by atoms with Crippen LogP contribution < -0.4 is 0 Å². The van der Waals surface area contributed by atoms with Crippen molar-refractivity contribution >= 4 is 22.8 Å². The van der Waals surface area contributed by atoms with Gasteiger partial charge in [-0.25, -0.2) is 0 Å². The first-order valence-corrected chi connectivity index (χ1v) is 8.27. The molecular weight excluding hydrogens is 324 g/mol. The van der Waals surface area contributed by atoms with Crippen molar-refractivity contribution in [2.45, 2.75) is 80.6 Å². The quantitative estimate of drug-likeness (QED) is 0.416. The van der Waals surface area contributed by atoms with Gasteiger partial charge in [-0.15, -0.1) is 0 Å². The van der Waals surface area contributed by atoms with E-state index in [1.165, 1.54) is 0 Å². The summed E-state index contributed by atoms with van der Waals surface area (Å²) in [5, 5.41) is 16.0. The van der Waals surface area contributed by atoms with Crippen molar-refractivity contribution in [2.24, 2.45) is 20.6 Å². The zero-order chi connectivity index (χ0) is 19.4. The Kier molecular flexibility index (Phi) is 11.2. The molecule has 25 heavy (non-hydrogen) atoms. The van der Waals surface area contributed by atoms with Crippen LogP contribution in [0, 0.1) is 0 Å². The zero-order valence-corrected chi connectivity index (χ0v) is 16.9. The molecule has 0 aliphatic carbocycles. The predicted octanol–water partition coefficient (Wildman–Crippen LogP) is 3.76. The van der Waals surface area contributed by atoms with Crippen LogP contribution in [0.15, 0.2) is 20.6 Å². The summed E-state index contributed by atoms with van der Waals surface area (Å²) in [5.41, 5.74) is 3.13. The first kappa shape index (κ1) is 22.9. The van der Waals surface area contributed by atoms with E-state index < -0.39 is 18.3 Å². The van der Waals surface area contributed by atoms with Gasteiger partial charge in [-0.05, 0) is 62.3 Å². The molecule has 0 aromatic heterocycles. The summed E-state index contributed by atoms with van der Waals surface area (Å²) >= 11 is 0. The predicted molar refractivity (Wildman–Crippen MR) is 101 cm³/mol. The average molecular weight is 356 g/mol. The summed E-state index contributed by atoms with van der Waals surface area (Å²) in [5.74, 6) is 0. The van der Waals surface area contributed by atoms with E-state index in [9.17, 15) is 0 Å². The Labute approximate surface area is 150 Å². The first-order chi connectivity index (χ1) is 11.6. The van der Waals surface area contributed by atoms with Crippen molar-refractivity contribution in [3.63, 3.8) is 0 Å². The summed E-state index contributed by atoms with van der Waals surface area (Å²) in [4.78, 5) is 22.0. The minimum atomic E-state index is -0.589. The second kappa shape index (κ2) is 12.3. The highest BCUT2D eigenvalue weighted by atomic mass is 16.7. The molecule has 0 radical (unpaired) electrons. The third-order valence-electron chi connectivity index (χ3n) is 2.44. The maximum atomic E-state index is 5.62. The molecule has 0 heterocycles. The first-order valence-electron chi connectivity index (χ1n) is 8.27. The van der Waals surface area contributed by atoms with Gasteiger partial charge in [0.1, 0.15) is 0 Å². The molecule has 0 fully saturated rings. The Hall–Kier alpha value is -2.12. The van der Waals surface area contributed by atoms with Crippen molar-refractivity contribution in [1.82, 2.24) is 0 Å². The third kappa shape index (κ3) is 12.0. The molecule has 8 nitrogen and oxygen atoms in total. The number of oxime groups is 4. The molecule has 3 unspecified atom stereocenters. The molecule has 0 aliphatic rings. The average Bonchev–Trinajstić information content (AvgIpc) is 2.49. The van der Waals surface area contributed by atoms with Crippen LogP contribution in [0.25, 0.3) is 0 Å². The fourth-order valence-corrected chi connectivity index (χ4v) is 1.47. The maximum Gasteiger partial charge on any atom is 0.209 e. The molecule has 0 N–H and O–H groups in total. The van der Waals surface area contributed by atoms with Crippen molar-refractivity contribution in [2.75, 3.05) is 6.61 Å². The van der Waals surface area contributed by atoms with Crippen LogP contribution in [-0.4, -0.2) is 47.8 Å². The van der Waals surface area contributed by atoms with Crippen LogP contribution >= 0.6 is 0 Å². The van der Waals surface area contributed by atoms with Gasteiger partial charge in [0.2, 0.25) is 12.2 Å². The molecule has 0 aromatic rings. The van der Waals surface area contributed by atoms with Crippen molar-refractivity contribution in [3.8, 4) is 0 Å². The Balaban J connectivity index is 5.36. The van der Waals surface area contributed by atoms with E-state index in [1.807, 2.05) is 62.3 Å². The number of hydrogen-bond donors (Lipinski definition) is 0. The smallest absolute Gasteiger partial charge is 0.209 e. The topological polar surface area (TPSA) is 86.4 Å². The van der Waals surface area contributed by atoms with E-state index in [4.69, 9.17) is 19.4 Å². The van der Waals surface area contributed by atoms with Gasteiger partial charge < -0.3 is 19.4 Å². The largest absolute Gasteiger partial charge is 0.392 e. The summed E-state index contributed by atoms with van der Waals surface area (Å²) < 4.78 is 0. The Morgan fingerprint density at radius 1 is 0.640 bits per heavy atom. The van der Waals surface area contributed by atoms with Crippen LogP contribution in [0.4, 0.5) is 0 Å². The number of nitrogens with zero attached hydrogens (tertiary/aromatic N) is 4. The van der Waals surface area contributed by atoms with Crippen LogP contribution in [0.5, 0.6) is 0 Å². The van der Waals surface area contributed by atoms with E-state index in [0.717, 1.165) is 22.8 Å². The van der Waals surface area contributed by atoms with Gasteiger partial charge in [0.15, 0.2) is 12.7 Å². The summed E-state index contributed by atoms with van der Waals surface area (Å²) in [6, 6.07) is 0. The molecule has 3 atom stereocenters.